The van der Waals surface area contributed by atoms with Gasteiger partial charge in [-0.05, 0) is 28.8 Å². The van der Waals surface area contributed by atoms with Gasteiger partial charge < -0.3 is 5.32 Å². The van der Waals surface area contributed by atoms with Gasteiger partial charge in [0.1, 0.15) is 0 Å². The van der Waals surface area contributed by atoms with Crippen LogP contribution < -0.4 is 5.32 Å². The summed E-state index contributed by atoms with van der Waals surface area (Å²) in [6.45, 7) is 0. The zero-order valence-corrected chi connectivity index (χ0v) is 16.5. The molecule has 1 amide bonds. The van der Waals surface area contributed by atoms with E-state index in [-0.39, 0.29) is 11.8 Å². The minimum Gasteiger partial charge on any atom is -0.325 e. The summed E-state index contributed by atoms with van der Waals surface area (Å²) in [5, 5.41) is 3.15. The fourth-order valence-corrected chi connectivity index (χ4v) is 6.15. The maximum Gasteiger partial charge on any atom is 0.236 e. The highest BCUT2D eigenvalue weighted by Gasteiger charge is 2.23. The summed E-state index contributed by atoms with van der Waals surface area (Å²) in [7, 11) is 0. The van der Waals surface area contributed by atoms with Gasteiger partial charge in [0.2, 0.25) is 5.91 Å². The van der Waals surface area contributed by atoms with Crippen LogP contribution in [0, 0.1) is 0 Å². The Hall–Kier alpha value is -2.17. The molecule has 3 aromatic rings. The van der Waals surface area contributed by atoms with Crippen molar-refractivity contribution in [2.75, 3.05) is 16.8 Å². The van der Waals surface area contributed by atoms with Crippen molar-refractivity contribution >= 4 is 35.1 Å². The molecule has 4 heteroatoms. The number of hydrogen-bond donors (Lipinski definition) is 1. The quantitative estimate of drug-likeness (QED) is 0.584. The van der Waals surface area contributed by atoms with E-state index in [0.29, 0.717) is 4.58 Å². The highest BCUT2D eigenvalue weighted by atomic mass is 32.2. The van der Waals surface area contributed by atoms with E-state index < -0.39 is 0 Å². The first-order valence-electron chi connectivity index (χ1n) is 9.05. The Morgan fingerprint density at radius 1 is 0.815 bits per heavy atom. The third-order valence-electron chi connectivity index (χ3n) is 4.58. The molecule has 3 aromatic carbocycles. The third-order valence-corrected chi connectivity index (χ3v) is 7.68. The van der Waals surface area contributed by atoms with Crippen molar-refractivity contribution in [3.63, 3.8) is 0 Å². The van der Waals surface area contributed by atoms with Crippen LogP contribution in [0.15, 0.2) is 84.9 Å². The van der Waals surface area contributed by atoms with Gasteiger partial charge in [0.25, 0.3) is 0 Å². The standard InChI is InChI=1S/C23H21NOS2/c25-22(24-20-13-7-12-19(16-20)23-26-14-15-27-23)21(17-8-3-1-4-9-17)18-10-5-2-6-11-18/h1-13,16,21,23H,14-15H2,(H,24,25). The van der Waals surface area contributed by atoms with E-state index in [1.165, 1.54) is 17.1 Å². The molecule has 0 atom stereocenters. The number of benzene rings is 3. The number of hydrogen-bond acceptors (Lipinski definition) is 3. The third kappa shape index (κ3) is 4.40. The van der Waals surface area contributed by atoms with Crippen molar-refractivity contribution in [1.29, 1.82) is 0 Å². The van der Waals surface area contributed by atoms with E-state index in [0.717, 1.165) is 16.8 Å². The number of thioether (sulfide) groups is 2. The summed E-state index contributed by atoms with van der Waals surface area (Å²) in [5.41, 5.74) is 4.14. The molecule has 0 spiro atoms. The van der Waals surface area contributed by atoms with Gasteiger partial charge in [-0.1, -0.05) is 72.8 Å². The maximum absolute atomic E-state index is 13.2. The SMILES string of the molecule is O=C(Nc1cccc(C2SCCS2)c1)C(c1ccccc1)c1ccccc1. The van der Waals surface area contributed by atoms with Gasteiger partial charge in [-0.3, -0.25) is 4.79 Å². The molecule has 27 heavy (non-hydrogen) atoms. The highest BCUT2D eigenvalue weighted by molar-refractivity contribution is 8.19. The molecule has 1 heterocycles. The maximum atomic E-state index is 13.2. The number of carbonyl (C=O) groups is 1. The van der Waals surface area contributed by atoms with Gasteiger partial charge >= 0.3 is 0 Å². The normalized spacial score (nSPS) is 14.4. The Morgan fingerprint density at radius 2 is 1.41 bits per heavy atom. The zero-order chi connectivity index (χ0) is 18.5. The van der Waals surface area contributed by atoms with Gasteiger partial charge in [-0.2, -0.15) is 0 Å². The Bertz CT molecular complexity index is 853. The minimum absolute atomic E-state index is 0.00345. The van der Waals surface area contributed by atoms with Crippen molar-refractivity contribution in [1.82, 2.24) is 0 Å². The first-order chi connectivity index (χ1) is 13.3. The predicted molar refractivity (Wildman–Crippen MR) is 117 cm³/mol. The number of nitrogens with one attached hydrogen (secondary N) is 1. The lowest BCUT2D eigenvalue weighted by atomic mass is 9.90. The lowest BCUT2D eigenvalue weighted by Gasteiger charge is -2.18. The smallest absolute Gasteiger partial charge is 0.236 e. The van der Waals surface area contributed by atoms with Crippen LogP contribution in [0.5, 0.6) is 0 Å². The molecule has 1 saturated heterocycles. The van der Waals surface area contributed by atoms with Gasteiger partial charge in [-0.15, -0.1) is 23.5 Å². The van der Waals surface area contributed by atoms with E-state index in [2.05, 4.69) is 17.4 Å². The van der Waals surface area contributed by atoms with Crippen LogP contribution in [0.3, 0.4) is 0 Å². The van der Waals surface area contributed by atoms with Crippen LogP contribution >= 0.6 is 23.5 Å². The topological polar surface area (TPSA) is 29.1 Å². The summed E-state index contributed by atoms with van der Waals surface area (Å²) in [5.74, 6) is 2.05. The molecule has 2 nitrogen and oxygen atoms in total. The molecule has 4 rings (SSSR count). The van der Waals surface area contributed by atoms with Gasteiger partial charge in [0.15, 0.2) is 0 Å². The van der Waals surface area contributed by atoms with Crippen LogP contribution in [-0.4, -0.2) is 17.4 Å². The van der Waals surface area contributed by atoms with Crippen molar-refractivity contribution in [3.05, 3.63) is 102 Å². The average molecular weight is 392 g/mol. The summed E-state index contributed by atoms with van der Waals surface area (Å²) in [4.78, 5) is 13.2. The summed E-state index contributed by atoms with van der Waals surface area (Å²) in [6, 6.07) is 28.2. The number of anilines is 1. The van der Waals surface area contributed by atoms with Gasteiger partial charge in [0, 0.05) is 17.2 Å². The van der Waals surface area contributed by atoms with Crippen molar-refractivity contribution in [3.8, 4) is 0 Å². The molecule has 0 bridgehead atoms. The Kier molecular flexibility index (Phi) is 5.85. The van der Waals surface area contributed by atoms with E-state index in [1.807, 2.05) is 96.3 Å². The summed E-state index contributed by atoms with van der Waals surface area (Å²) < 4.78 is 0.473. The van der Waals surface area contributed by atoms with Crippen molar-refractivity contribution in [2.24, 2.45) is 0 Å². The van der Waals surface area contributed by atoms with Crippen LogP contribution in [0.2, 0.25) is 0 Å². The molecule has 0 aliphatic carbocycles. The molecule has 0 saturated carbocycles. The van der Waals surface area contributed by atoms with Gasteiger partial charge in [0.05, 0.1) is 10.5 Å². The molecule has 136 valence electrons. The first-order valence-corrected chi connectivity index (χ1v) is 11.1. The second-order valence-electron chi connectivity index (χ2n) is 6.44. The molecule has 0 aromatic heterocycles. The van der Waals surface area contributed by atoms with Gasteiger partial charge in [-0.25, -0.2) is 0 Å². The highest BCUT2D eigenvalue weighted by Crippen LogP contribution is 2.45. The second kappa shape index (κ2) is 8.68. The fourth-order valence-electron chi connectivity index (χ4n) is 3.31. The molecule has 1 fully saturated rings. The van der Waals surface area contributed by atoms with Crippen LogP contribution in [0.25, 0.3) is 0 Å². The van der Waals surface area contributed by atoms with E-state index in [4.69, 9.17) is 0 Å². The summed E-state index contributed by atoms with van der Waals surface area (Å²) >= 11 is 3.95. The van der Waals surface area contributed by atoms with Crippen LogP contribution in [0.1, 0.15) is 27.2 Å². The first kappa shape index (κ1) is 18.2. The zero-order valence-electron chi connectivity index (χ0n) is 14.9. The minimum atomic E-state index is -0.328. The second-order valence-corrected chi connectivity index (χ2v) is 9.17. The lowest BCUT2D eigenvalue weighted by Crippen LogP contribution is -2.22. The van der Waals surface area contributed by atoms with E-state index in [1.54, 1.807) is 0 Å². The Balaban J connectivity index is 1.60. The number of rotatable bonds is 5. The molecule has 1 N–H and O–H groups in total. The lowest BCUT2D eigenvalue weighted by molar-refractivity contribution is -0.116. The number of carbonyl (C=O) groups excluding carboxylic acids is 1. The largest absolute Gasteiger partial charge is 0.325 e. The van der Waals surface area contributed by atoms with Crippen molar-refractivity contribution < 1.29 is 4.79 Å². The molecular formula is C23H21NOS2. The fraction of sp³-hybridized carbons (Fsp3) is 0.174. The Morgan fingerprint density at radius 3 is 2.00 bits per heavy atom. The predicted octanol–water partition coefficient (Wildman–Crippen LogP) is 5.94. The van der Waals surface area contributed by atoms with Crippen LogP contribution in [-0.2, 0) is 4.79 Å². The molecule has 0 unspecified atom stereocenters. The Labute approximate surface area is 168 Å². The summed E-state index contributed by atoms with van der Waals surface area (Å²) in [6.07, 6.45) is 0. The van der Waals surface area contributed by atoms with E-state index in [9.17, 15) is 4.79 Å². The van der Waals surface area contributed by atoms with Crippen molar-refractivity contribution in [2.45, 2.75) is 10.5 Å². The number of amides is 1. The molecular weight excluding hydrogens is 370 g/mol. The average Bonchev–Trinajstić information content (AvgIpc) is 3.25. The van der Waals surface area contributed by atoms with E-state index >= 15 is 0 Å². The molecule has 0 radical (unpaired) electrons. The molecule has 1 aliphatic rings. The monoisotopic (exact) mass is 391 g/mol. The molecule has 1 aliphatic heterocycles. The van der Waals surface area contributed by atoms with Crippen LogP contribution in [0.4, 0.5) is 5.69 Å².